The Morgan fingerprint density at radius 2 is 2.17 bits per heavy atom. The van der Waals surface area contributed by atoms with Gasteiger partial charge in [-0.3, -0.25) is 0 Å². The summed E-state index contributed by atoms with van der Waals surface area (Å²) in [6.07, 6.45) is 1.54. The van der Waals surface area contributed by atoms with Gasteiger partial charge in [0.2, 0.25) is 5.95 Å². The van der Waals surface area contributed by atoms with Crippen LogP contribution in [0.15, 0.2) is 6.33 Å². The SMILES string of the molecule is CC(C)(C)[C@@H](CO)Nc1nc(N)nc2nc[nH]c12. The van der Waals surface area contributed by atoms with E-state index in [1.54, 1.807) is 0 Å². The third-order valence-corrected chi connectivity index (χ3v) is 2.84. The van der Waals surface area contributed by atoms with Gasteiger partial charge >= 0.3 is 0 Å². The summed E-state index contributed by atoms with van der Waals surface area (Å²) in [5.74, 6) is 0.715. The van der Waals surface area contributed by atoms with Crippen molar-refractivity contribution >= 4 is 22.9 Å². The van der Waals surface area contributed by atoms with Gasteiger partial charge in [-0.05, 0) is 5.41 Å². The third-order valence-electron chi connectivity index (χ3n) is 2.84. The number of nitrogens with two attached hydrogens (primary N) is 1. The Morgan fingerprint density at radius 3 is 2.78 bits per heavy atom. The number of H-pyrrole nitrogens is 1. The average molecular weight is 250 g/mol. The Hall–Kier alpha value is -1.89. The van der Waals surface area contributed by atoms with Crippen LogP contribution in [0, 0.1) is 5.41 Å². The molecular formula is C11H18N6O. The largest absolute Gasteiger partial charge is 0.394 e. The lowest BCUT2D eigenvalue weighted by atomic mass is 9.87. The van der Waals surface area contributed by atoms with E-state index in [-0.39, 0.29) is 24.0 Å². The van der Waals surface area contributed by atoms with Gasteiger partial charge in [-0.15, -0.1) is 0 Å². The number of fused-ring (bicyclic) bond motifs is 1. The summed E-state index contributed by atoms with van der Waals surface area (Å²) in [5.41, 5.74) is 6.72. The molecule has 0 spiro atoms. The molecule has 0 fully saturated rings. The topological polar surface area (TPSA) is 113 Å². The van der Waals surface area contributed by atoms with Gasteiger partial charge in [0.1, 0.15) is 5.52 Å². The van der Waals surface area contributed by atoms with Crippen LogP contribution in [0.5, 0.6) is 0 Å². The Kier molecular flexibility index (Phi) is 3.08. The highest BCUT2D eigenvalue weighted by Crippen LogP contribution is 2.25. The average Bonchev–Trinajstić information content (AvgIpc) is 2.71. The van der Waals surface area contributed by atoms with Crippen LogP contribution in [-0.2, 0) is 0 Å². The van der Waals surface area contributed by atoms with Crippen molar-refractivity contribution in [3.8, 4) is 0 Å². The van der Waals surface area contributed by atoms with E-state index in [2.05, 4.69) is 25.3 Å². The van der Waals surface area contributed by atoms with Crippen molar-refractivity contribution in [3.05, 3.63) is 6.33 Å². The molecular weight excluding hydrogens is 232 g/mol. The van der Waals surface area contributed by atoms with Crippen LogP contribution in [-0.4, -0.2) is 37.7 Å². The highest BCUT2D eigenvalue weighted by atomic mass is 16.3. The van der Waals surface area contributed by atoms with Gasteiger partial charge in [-0.25, -0.2) is 4.98 Å². The van der Waals surface area contributed by atoms with Crippen molar-refractivity contribution in [3.63, 3.8) is 0 Å². The molecule has 2 heterocycles. The quantitative estimate of drug-likeness (QED) is 0.639. The van der Waals surface area contributed by atoms with E-state index in [4.69, 9.17) is 5.73 Å². The summed E-state index contributed by atoms with van der Waals surface area (Å²) >= 11 is 0. The van der Waals surface area contributed by atoms with Gasteiger partial charge in [-0.1, -0.05) is 20.8 Å². The number of aromatic nitrogens is 4. The van der Waals surface area contributed by atoms with Crippen molar-refractivity contribution in [2.45, 2.75) is 26.8 Å². The number of aliphatic hydroxyl groups excluding tert-OH is 1. The first-order valence-corrected chi connectivity index (χ1v) is 5.76. The molecule has 0 saturated heterocycles. The monoisotopic (exact) mass is 250 g/mol. The molecule has 0 aromatic carbocycles. The zero-order valence-corrected chi connectivity index (χ0v) is 10.7. The maximum atomic E-state index is 9.45. The van der Waals surface area contributed by atoms with Crippen LogP contribution in [0.3, 0.4) is 0 Å². The van der Waals surface area contributed by atoms with Crippen LogP contribution >= 0.6 is 0 Å². The second kappa shape index (κ2) is 4.41. The predicted octanol–water partition coefficient (Wildman–Crippen LogP) is 0.754. The molecule has 2 aromatic rings. The Morgan fingerprint density at radius 1 is 1.44 bits per heavy atom. The van der Waals surface area contributed by atoms with Gasteiger partial charge in [0.05, 0.1) is 19.0 Å². The zero-order chi connectivity index (χ0) is 13.3. The van der Waals surface area contributed by atoms with Gasteiger partial charge in [0.15, 0.2) is 11.5 Å². The van der Waals surface area contributed by atoms with Crippen molar-refractivity contribution in [1.29, 1.82) is 0 Å². The number of rotatable bonds is 3. The van der Waals surface area contributed by atoms with E-state index in [0.717, 1.165) is 0 Å². The van der Waals surface area contributed by atoms with Crippen LogP contribution < -0.4 is 11.1 Å². The molecule has 2 rings (SSSR count). The van der Waals surface area contributed by atoms with E-state index >= 15 is 0 Å². The van der Waals surface area contributed by atoms with Crippen molar-refractivity contribution in [2.75, 3.05) is 17.7 Å². The standard InChI is InChI=1S/C11H18N6O/c1-11(2,3)6(4-18)15-9-7-8(14-5-13-7)16-10(12)17-9/h5-6,18H,4H2,1-3H3,(H4,12,13,14,15,16,17)/t6-/m1/s1. The molecule has 1 atom stereocenters. The Balaban J connectivity index is 2.39. The van der Waals surface area contributed by atoms with Crippen molar-refractivity contribution < 1.29 is 5.11 Å². The number of imidazole rings is 1. The molecule has 0 aliphatic rings. The molecule has 0 amide bonds. The number of nitrogen functional groups attached to an aromatic ring is 1. The second-order valence-corrected chi connectivity index (χ2v) is 5.28. The highest BCUT2D eigenvalue weighted by molar-refractivity contribution is 5.83. The Labute approximate surface area is 105 Å². The van der Waals surface area contributed by atoms with Crippen LogP contribution in [0.1, 0.15) is 20.8 Å². The summed E-state index contributed by atoms with van der Waals surface area (Å²) in [5, 5.41) is 12.6. The van der Waals surface area contributed by atoms with Crippen LogP contribution in [0.4, 0.5) is 11.8 Å². The second-order valence-electron chi connectivity index (χ2n) is 5.28. The number of anilines is 2. The van der Waals surface area contributed by atoms with Gasteiger partial charge in [-0.2, -0.15) is 9.97 Å². The lowest BCUT2D eigenvalue weighted by Crippen LogP contribution is -2.37. The molecule has 18 heavy (non-hydrogen) atoms. The zero-order valence-electron chi connectivity index (χ0n) is 10.7. The molecule has 0 bridgehead atoms. The lowest BCUT2D eigenvalue weighted by Gasteiger charge is -2.30. The number of aromatic amines is 1. The third kappa shape index (κ3) is 2.35. The summed E-state index contributed by atoms with van der Waals surface area (Å²) < 4.78 is 0. The highest BCUT2D eigenvalue weighted by Gasteiger charge is 2.25. The fourth-order valence-corrected chi connectivity index (χ4v) is 1.66. The Bertz CT molecular complexity index is 544. The number of hydrogen-bond donors (Lipinski definition) is 4. The molecule has 5 N–H and O–H groups in total. The first-order chi connectivity index (χ1) is 8.41. The molecule has 7 heteroatoms. The summed E-state index contributed by atoms with van der Waals surface area (Å²) in [6, 6.07) is -0.140. The van der Waals surface area contributed by atoms with Gasteiger partial charge < -0.3 is 21.1 Å². The molecule has 0 radical (unpaired) electrons. The molecule has 0 aliphatic carbocycles. The van der Waals surface area contributed by atoms with E-state index < -0.39 is 0 Å². The fourth-order valence-electron chi connectivity index (χ4n) is 1.66. The molecule has 2 aromatic heterocycles. The maximum absolute atomic E-state index is 9.45. The predicted molar refractivity (Wildman–Crippen MR) is 70.0 cm³/mol. The molecule has 0 unspecified atom stereocenters. The number of nitrogens with zero attached hydrogens (tertiary/aromatic N) is 3. The van der Waals surface area contributed by atoms with Gasteiger partial charge in [0, 0.05) is 0 Å². The minimum absolute atomic E-state index is 0.00301. The maximum Gasteiger partial charge on any atom is 0.224 e. The van der Waals surface area contributed by atoms with E-state index in [0.29, 0.717) is 17.0 Å². The first-order valence-electron chi connectivity index (χ1n) is 5.76. The molecule has 0 aliphatic heterocycles. The van der Waals surface area contributed by atoms with Crippen LogP contribution in [0.25, 0.3) is 11.2 Å². The smallest absolute Gasteiger partial charge is 0.224 e. The minimum atomic E-state index is -0.140. The summed E-state index contributed by atoms with van der Waals surface area (Å²) in [6.45, 7) is 6.11. The van der Waals surface area contributed by atoms with Crippen LogP contribution in [0.2, 0.25) is 0 Å². The van der Waals surface area contributed by atoms with E-state index in [1.165, 1.54) is 6.33 Å². The number of hydrogen-bond acceptors (Lipinski definition) is 6. The lowest BCUT2D eigenvalue weighted by molar-refractivity contribution is 0.201. The van der Waals surface area contributed by atoms with E-state index in [9.17, 15) is 5.11 Å². The minimum Gasteiger partial charge on any atom is -0.394 e. The van der Waals surface area contributed by atoms with Crippen molar-refractivity contribution in [1.82, 2.24) is 19.9 Å². The molecule has 98 valence electrons. The molecule has 7 nitrogen and oxygen atoms in total. The van der Waals surface area contributed by atoms with Crippen molar-refractivity contribution in [2.24, 2.45) is 5.41 Å². The summed E-state index contributed by atoms with van der Waals surface area (Å²) in [7, 11) is 0. The number of aliphatic hydroxyl groups is 1. The molecule has 0 saturated carbocycles. The first kappa shape index (κ1) is 12.6. The normalized spacial score (nSPS) is 13.8. The van der Waals surface area contributed by atoms with E-state index in [1.807, 2.05) is 20.8 Å². The number of nitrogens with one attached hydrogen (secondary N) is 2. The van der Waals surface area contributed by atoms with Gasteiger partial charge in [0.25, 0.3) is 0 Å². The summed E-state index contributed by atoms with van der Waals surface area (Å²) in [4.78, 5) is 15.2. The fraction of sp³-hybridized carbons (Fsp3) is 0.545.